The lowest BCUT2D eigenvalue weighted by atomic mass is 10.1. The highest BCUT2D eigenvalue weighted by Gasteiger charge is 2.23. The molecule has 1 aliphatic rings. The summed E-state index contributed by atoms with van der Waals surface area (Å²) >= 11 is 3.42. The lowest BCUT2D eigenvalue weighted by molar-refractivity contribution is -0.131. The molecule has 0 radical (unpaired) electrons. The van der Waals surface area contributed by atoms with Gasteiger partial charge < -0.3 is 14.4 Å². The summed E-state index contributed by atoms with van der Waals surface area (Å²) in [5, 5.41) is 0. The number of aromatic nitrogens is 1. The van der Waals surface area contributed by atoms with Crippen LogP contribution in [0.15, 0.2) is 29.8 Å². The molecule has 3 aromatic rings. The van der Waals surface area contributed by atoms with Gasteiger partial charge in [-0.05, 0) is 43.7 Å². The first-order chi connectivity index (χ1) is 14.5. The average Bonchev–Trinajstić information content (AvgIpc) is 3.29. The molecule has 7 heteroatoms. The van der Waals surface area contributed by atoms with E-state index in [4.69, 9.17) is 9.47 Å². The molecule has 0 atom stereocenters. The zero-order valence-corrected chi connectivity index (χ0v) is 19.2. The second-order valence-corrected chi connectivity index (χ2v) is 9.58. The fourth-order valence-corrected chi connectivity index (χ4v) is 5.20. The Hall–Kier alpha value is -2.38. The summed E-state index contributed by atoms with van der Waals surface area (Å²) in [6.07, 6.45) is 1.31. The Morgan fingerprint density at radius 2 is 2.17 bits per heavy atom. The Morgan fingerprint density at radius 1 is 1.30 bits per heavy atom. The molecule has 158 valence electrons. The van der Waals surface area contributed by atoms with Gasteiger partial charge in [-0.25, -0.2) is 4.98 Å². The van der Waals surface area contributed by atoms with E-state index in [0.717, 1.165) is 34.7 Å². The minimum atomic E-state index is 0.145. The van der Waals surface area contributed by atoms with Gasteiger partial charge in [-0.1, -0.05) is 6.92 Å². The Kier molecular flexibility index (Phi) is 6.39. The predicted octanol–water partition coefficient (Wildman–Crippen LogP) is 5.24. The molecule has 2 aromatic heterocycles. The van der Waals surface area contributed by atoms with Gasteiger partial charge >= 0.3 is 0 Å². The number of nitrogens with zero attached hydrogens (tertiary/aromatic N) is 2. The summed E-state index contributed by atoms with van der Waals surface area (Å²) in [4.78, 5) is 22.2. The number of thiazole rings is 1. The maximum absolute atomic E-state index is 12.3. The Labute approximate surface area is 185 Å². The fourth-order valence-electron chi connectivity index (χ4n) is 3.58. The van der Waals surface area contributed by atoms with E-state index < -0.39 is 0 Å². The molecule has 0 unspecified atom stereocenters. The second-order valence-electron chi connectivity index (χ2n) is 7.35. The molecular formula is C23H26N2O3S2. The van der Waals surface area contributed by atoms with E-state index in [0.29, 0.717) is 32.7 Å². The summed E-state index contributed by atoms with van der Waals surface area (Å²) in [5.74, 6) is 1.66. The van der Waals surface area contributed by atoms with Crippen LogP contribution in [0.4, 0.5) is 0 Å². The third kappa shape index (κ3) is 4.52. The van der Waals surface area contributed by atoms with E-state index >= 15 is 0 Å². The Bertz CT molecular complexity index is 1040. The molecule has 1 amide bonds. The van der Waals surface area contributed by atoms with E-state index in [1.807, 2.05) is 24.3 Å². The van der Waals surface area contributed by atoms with Crippen LogP contribution >= 0.6 is 22.7 Å². The maximum Gasteiger partial charge on any atom is 0.222 e. The molecule has 30 heavy (non-hydrogen) atoms. The highest BCUT2D eigenvalue weighted by atomic mass is 32.1. The monoisotopic (exact) mass is 442 g/mol. The van der Waals surface area contributed by atoms with Gasteiger partial charge in [0.1, 0.15) is 6.61 Å². The highest BCUT2D eigenvalue weighted by Crippen LogP contribution is 2.40. The zero-order valence-electron chi connectivity index (χ0n) is 17.6. The largest absolute Gasteiger partial charge is 0.489 e. The number of benzene rings is 1. The average molecular weight is 443 g/mol. The number of carbonyl (C=O) groups is 1. The number of aryl methyl sites for hydroxylation is 2. The van der Waals surface area contributed by atoms with Crippen LogP contribution < -0.4 is 9.47 Å². The minimum Gasteiger partial charge on any atom is -0.489 e. The first-order valence-corrected chi connectivity index (χ1v) is 11.9. The van der Waals surface area contributed by atoms with Crippen molar-refractivity contribution in [2.75, 3.05) is 19.8 Å². The number of rotatable bonds is 6. The lowest BCUT2D eigenvalue weighted by Crippen LogP contribution is -2.31. The van der Waals surface area contributed by atoms with E-state index in [2.05, 4.69) is 36.2 Å². The van der Waals surface area contributed by atoms with Crippen molar-refractivity contribution in [3.63, 3.8) is 0 Å². The van der Waals surface area contributed by atoms with Gasteiger partial charge in [-0.3, -0.25) is 4.79 Å². The van der Waals surface area contributed by atoms with Crippen molar-refractivity contribution in [2.45, 2.75) is 40.2 Å². The van der Waals surface area contributed by atoms with Crippen LogP contribution in [0.5, 0.6) is 11.5 Å². The molecule has 5 nitrogen and oxygen atoms in total. The summed E-state index contributed by atoms with van der Waals surface area (Å²) in [5.41, 5.74) is 5.04. The number of ether oxygens (including phenoxy) is 2. The quantitative estimate of drug-likeness (QED) is 0.524. The van der Waals surface area contributed by atoms with Crippen LogP contribution in [0.2, 0.25) is 0 Å². The summed E-state index contributed by atoms with van der Waals surface area (Å²) in [6, 6.07) is 8.48. The molecule has 0 fully saturated rings. The van der Waals surface area contributed by atoms with Crippen molar-refractivity contribution in [1.82, 2.24) is 9.88 Å². The highest BCUT2D eigenvalue weighted by molar-refractivity contribution is 7.15. The van der Waals surface area contributed by atoms with Crippen LogP contribution in [-0.2, 0) is 17.8 Å². The molecule has 1 aromatic carbocycles. The lowest BCUT2D eigenvalue weighted by Gasteiger charge is -2.19. The van der Waals surface area contributed by atoms with Crippen LogP contribution in [0.1, 0.15) is 34.4 Å². The predicted molar refractivity (Wildman–Crippen MR) is 122 cm³/mol. The SMILES string of the molecule is CCC(=O)N1CCOc2c(cc(-c3ccc(C)s3)cc2OCCc2scnc2C)C1. The molecule has 0 spiro atoms. The molecular weight excluding hydrogens is 416 g/mol. The van der Waals surface area contributed by atoms with E-state index in [9.17, 15) is 4.79 Å². The summed E-state index contributed by atoms with van der Waals surface area (Å²) in [7, 11) is 0. The molecule has 0 saturated carbocycles. The third-order valence-corrected chi connectivity index (χ3v) is 7.26. The maximum atomic E-state index is 12.3. The third-order valence-electron chi connectivity index (χ3n) is 5.21. The number of thiophene rings is 1. The molecule has 3 heterocycles. The summed E-state index contributed by atoms with van der Waals surface area (Å²) in [6.45, 7) is 8.20. The van der Waals surface area contributed by atoms with Gasteiger partial charge in [0.05, 0.1) is 24.4 Å². The van der Waals surface area contributed by atoms with Gasteiger partial charge in [-0.2, -0.15) is 0 Å². The molecule has 1 aliphatic heterocycles. The van der Waals surface area contributed by atoms with Gasteiger partial charge in [0.15, 0.2) is 11.5 Å². The van der Waals surface area contributed by atoms with Crippen molar-refractivity contribution in [3.8, 4) is 21.9 Å². The first-order valence-electron chi connectivity index (χ1n) is 10.2. The molecule has 0 aliphatic carbocycles. The van der Waals surface area contributed by atoms with Crippen molar-refractivity contribution >= 4 is 28.6 Å². The minimum absolute atomic E-state index is 0.145. The zero-order chi connectivity index (χ0) is 21.1. The normalized spacial score (nSPS) is 13.5. The number of fused-ring (bicyclic) bond motifs is 1. The van der Waals surface area contributed by atoms with Crippen molar-refractivity contribution in [2.24, 2.45) is 0 Å². The van der Waals surface area contributed by atoms with Crippen LogP contribution in [0.3, 0.4) is 0 Å². The topological polar surface area (TPSA) is 51.7 Å². The fraction of sp³-hybridized carbons (Fsp3) is 0.391. The van der Waals surface area contributed by atoms with Crippen molar-refractivity contribution in [1.29, 1.82) is 0 Å². The van der Waals surface area contributed by atoms with E-state index in [-0.39, 0.29) is 5.91 Å². The summed E-state index contributed by atoms with van der Waals surface area (Å²) < 4.78 is 12.3. The Morgan fingerprint density at radius 3 is 2.87 bits per heavy atom. The van der Waals surface area contributed by atoms with Gasteiger partial charge in [0.2, 0.25) is 5.91 Å². The molecule has 0 bridgehead atoms. The van der Waals surface area contributed by atoms with Crippen LogP contribution in [0.25, 0.3) is 10.4 Å². The van der Waals surface area contributed by atoms with Crippen LogP contribution in [-0.4, -0.2) is 35.5 Å². The van der Waals surface area contributed by atoms with Gasteiger partial charge in [-0.15, -0.1) is 22.7 Å². The van der Waals surface area contributed by atoms with Gasteiger partial charge in [0, 0.05) is 39.6 Å². The van der Waals surface area contributed by atoms with Crippen molar-refractivity contribution in [3.05, 3.63) is 50.8 Å². The van der Waals surface area contributed by atoms with Crippen LogP contribution in [0, 0.1) is 13.8 Å². The van der Waals surface area contributed by atoms with Crippen molar-refractivity contribution < 1.29 is 14.3 Å². The first kappa shape index (κ1) is 20.9. The number of carbonyl (C=O) groups excluding carboxylic acids is 1. The second kappa shape index (κ2) is 9.18. The number of amides is 1. The van der Waals surface area contributed by atoms with E-state index in [1.165, 1.54) is 14.6 Å². The molecule has 4 rings (SSSR count). The molecule has 0 N–H and O–H groups in total. The number of hydrogen-bond acceptors (Lipinski definition) is 6. The number of hydrogen-bond donors (Lipinski definition) is 0. The van der Waals surface area contributed by atoms with E-state index in [1.54, 1.807) is 22.7 Å². The Balaban J connectivity index is 1.65. The van der Waals surface area contributed by atoms with Gasteiger partial charge in [0.25, 0.3) is 0 Å². The smallest absolute Gasteiger partial charge is 0.222 e. The standard InChI is InChI=1S/C23H26N2O3S2/c1-4-22(26)25-8-10-28-23-18(13-25)11-17(21-6-5-15(2)30-21)12-19(23)27-9-7-20-16(3)24-14-29-20/h5-6,11-12,14H,4,7-10,13H2,1-3H3. The molecule has 0 saturated heterocycles.